The van der Waals surface area contributed by atoms with Crippen molar-refractivity contribution in [2.45, 2.75) is 6.04 Å². The third kappa shape index (κ3) is 2.30. The molecule has 0 bridgehead atoms. The van der Waals surface area contributed by atoms with Crippen LogP contribution in [0.3, 0.4) is 0 Å². The summed E-state index contributed by atoms with van der Waals surface area (Å²) in [6, 6.07) is 6.27. The number of amides is 1. The summed E-state index contributed by atoms with van der Waals surface area (Å²) in [6.45, 7) is 0.719. The number of hydrogen-bond acceptors (Lipinski definition) is 3. The Morgan fingerprint density at radius 1 is 1.44 bits per heavy atom. The molecule has 0 saturated carbocycles. The van der Waals surface area contributed by atoms with E-state index >= 15 is 0 Å². The van der Waals surface area contributed by atoms with E-state index in [0.717, 1.165) is 5.69 Å². The average Bonchev–Trinajstić information content (AvgIpc) is 2.24. The van der Waals surface area contributed by atoms with E-state index in [9.17, 15) is 9.18 Å². The standard InChI is InChI=1S/C11H13FN2O2/c12-8-1-3-9(4-2-8)13-10-5-14(6-10)11(16)7-15/h1-4,10,13,15H,5-7H2. The van der Waals surface area contributed by atoms with E-state index in [0.29, 0.717) is 13.1 Å². The normalized spacial score (nSPS) is 15.8. The maximum absolute atomic E-state index is 12.6. The Balaban J connectivity index is 1.81. The molecule has 86 valence electrons. The van der Waals surface area contributed by atoms with Crippen LogP contribution in [0.15, 0.2) is 24.3 Å². The van der Waals surface area contributed by atoms with E-state index in [1.54, 1.807) is 17.0 Å². The molecule has 1 amide bonds. The second kappa shape index (κ2) is 4.49. The molecule has 2 N–H and O–H groups in total. The van der Waals surface area contributed by atoms with Crippen LogP contribution >= 0.6 is 0 Å². The maximum Gasteiger partial charge on any atom is 0.248 e. The lowest BCUT2D eigenvalue weighted by Crippen LogP contribution is -2.57. The van der Waals surface area contributed by atoms with E-state index in [4.69, 9.17) is 5.11 Å². The number of rotatable bonds is 3. The summed E-state index contributed by atoms with van der Waals surface area (Å²) in [6.07, 6.45) is 0. The Labute approximate surface area is 92.7 Å². The molecule has 0 aromatic heterocycles. The molecule has 16 heavy (non-hydrogen) atoms. The Morgan fingerprint density at radius 3 is 2.62 bits per heavy atom. The van der Waals surface area contributed by atoms with Crippen LogP contribution in [0, 0.1) is 5.82 Å². The van der Waals surface area contributed by atoms with Crippen LogP contribution in [0.25, 0.3) is 0 Å². The Bertz CT molecular complexity index is 374. The first-order chi connectivity index (χ1) is 7.69. The molecule has 1 aliphatic heterocycles. The minimum atomic E-state index is -0.441. The Kier molecular flexibility index (Phi) is 3.05. The van der Waals surface area contributed by atoms with Crippen LogP contribution in [0.1, 0.15) is 0 Å². The number of hydrogen-bond donors (Lipinski definition) is 2. The Morgan fingerprint density at radius 2 is 2.06 bits per heavy atom. The number of aliphatic hydroxyl groups excluding tert-OH is 1. The summed E-state index contributed by atoms with van der Waals surface area (Å²) in [5, 5.41) is 11.8. The zero-order valence-corrected chi connectivity index (χ0v) is 8.69. The van der Waals surface area contributed by atoms with Crippen molar-refractivity contribution < 1.29 is 14.3 Å². The average molecular weight is 224 g/mol. The van der Waals surface area contributed by atoms with E-state index in [2.05, 4.69) is 5.32 Å². The van der Waals surface area contributed by atoms with Crippen LogP contribution in [-0.2, 0) is 4.79 Å². The van der Waals surface area contributed by atoms with Crippen molar-refractivity contribution in [1.82, 2.24) is 4.90 Å². The molecule has 1 heterocycles. The van der Waals surface area contributed by atoms with E-state index < -0.39 is 6.61 Å². The number of aliphatic hydroxyl groups is 1. The first kappa shape index (κ1) is 10.9. The highest BCUT2D eigenvalue weighted by atomic mass is 19.1. The summed E-state index contributed by atoms with van der Waals surface area (Å²) in [4.78, 5) is 12.6. The van der Waals surface area contributed by atoms with Crippen molar-refractivity contribution >= 4 is 11.6 Å². The lowest BCUT2D eigenvalue weighted by Gasteiger charge is -2.39. The van der Waals surface area contributed by atoms with Crippen LogP contribution < -0.4 is 5.32 Å². The van der Waals surface area contributed by atoms with Gasteiger partial charge in [-0.05, 0) is 24.3 Å². The van der Waals surface area contributed by atoms with Crippen molar-refractivity contribution in [3.63, 3.8) is 0 Å². The van der Waals surface area contributed by atoms with Gasteiger partial charge in [0, 0.05) is 18.8 Å². The molecule has 1 fully saturated rings. The summed E-state index contributed by atoms with van der Waals surface area (Å²) >= 11 is 0. The number of anilines is 1. The highest BCUT2D eigenvalue weighted by molar-refractivity contribution is 5.78. The van der Waals surface area contributed by atoms with Gasteiger partial charge in [-0.3, -0.25) is 4.79 Å². The second-order valence-electron chi connectivity index (χ2n) is 3.80. The topological polar surface area (TPSA) is 52.6 Å². The number of carbonyl (C=O) groups is 1. The SMILES string of the molecule is O=C(CO)N1CC(Nc2ccc(F)cc2)C1. The van der Waals surface area contributed by atoms with Crippen LogP contribution in [-0.4, -0.2) is 41.7 Å². The molecule has 1 aromatic rings. The van der Waals surface area contributed by atoms with Gasteiger partial charge < -0.3 is 15.3 Å². The molecule has 0 radical (unpaired) electrons. The highest BCUT2D eigenvalue weighted by Crippen LogP contribution is 2.15. The van der Waals surface area contributed by atoms with Gasteiger partial charge in [0.2, 0.25) is 5.91 Å². The van der Waals surface area contributed by atoms with Gasteiger partial charge in [-0.2, -0.15) is 0 Å². The molecular weight excluding hydrogens is 211 g/mol. The molecule has 5 heteroatoms. The van der Waals surface area contributed by atoms with E-state index in [1.165, 1.54) is 12.1 Å². The molecule has 0 spiro atoms. The van der Waals surface area contributed by atoms with Crippen LogP contribution in [0.4, 0.5) is 10.1 Å². The van der Waals surface area contributed by atoms with E-state index in [1.807, 2.05) is 0 Å². The van der Waals surface area contributed by atoms with Gasteiger partial charge in [0.25, 0.3) is 0 Å². The van der Waals surface area contributed by atoms with Crippen molar-refractivity contribution in [3.8, 4) is 0 Å². The maximum atomic E-state index is 12.6. The largest absolute Gasteiger partial charge is 0.387 e. The molecular formula is C11H13FN2O2. The van der Waals surface area contributed by atoms with Gasteiger partial charge in [0.1, 0.15) is 12.4 Å². The fourth-order valence-corrected chi connectivity index (χ4v) is 1.66. The zero-order valence-electron chi connectivity index (χ0n) is 8.69. The number of halogens is 1. The minimum absolute atomic E-state index is 0.181. The monoisotopic (exact) mass is 224 g/mol. The van der Waals surface area contributed by atoms with Crippen molar-refractivity contribution in [1.29, 1.82) is 0 Å². The number of likely N-dealkylation sites (tertiary alicyclic amines) is 1. The molecule has 0 aliphatic carbocycles. The van der Waals surface area contributed by atoms with Gasteiger partial charge in [0.15, 0.2) is 0 Å². The van der Waals surface area contributed by atoms with Gasteiger partial charge >= 0.3 is 0 Å². The third-order valence-electron chi connectivity index (χ3n) is 2.58. The van der Waals surface area contributed by atoms with Crippen LogP contribution in [0.5, 0.6) is 0 Å². The summed E-state index contributed by atoms with van der Waals surface area (Å²) in [5.41, 5.74) is 0.836. The second-order valence-corrected chi connectivity index (χ2v) is 3.80. The molecule has 4 nitrogen and oxygen atoms in total. The predicted molar refractivity (Wildman–Crippen MR) is 57.5 cm³/mol. The summed E-state index contributed by atoms with van der Waals surface area (Å²) in [5.74, 6) is -0.520. The molecule has 0 atom stereocenters. The van der Waals surface area contributed by atoms with Crippen LogP contribution in [0.2, 0.25) is 0 Å². The van der Waals surface area contributed by atoms with Gasteiger partial charge in [0.05, 0.1) is 6.04 Å². The lowest BCUT2D eigenvalue weighted by atomic mass is 10.1. The molecule has 1 aromatic carbocycles. The minimum Gasteiger partial charge on any atom is -0.387 e. The number of benzene rings is 1. The van der Waals surface area contributed by atoms with Crippen molar-refractivity contribution in [3.05, 3.63) is 30.1 Å². The predicted octanol–water partition coefficient (Wildman–Crippen LogP) is 0.441. The molecule has 0 unspecified atom stereocenters. The van der Waals surface area contributed by atoms with Crippen molar-refractivity contribution in [2.75, 3.05) is 25.0 Å². The number of carbonyl (C=O) groups excluding carboxylic acids is 1. The Hall–Kier alpha value is -1.62. The quantitative estimate of drug-likeness (QED) is 0.783. The number of nitrogens with zero attached hydrogens (tertiary/aromatic N) is 1. The zero-order chi connectivity index (χ0) is 11.5. The summed E-state index contributed by atoms with van der Waals surface area (Å²) in [7, 11) is 0. The highest BCUT2D eigenvalue weighted by Gasteiger charge is 2.29. The van der Waals surface area contributed by atoms with Gasteiger partial charge in [-0.1, -0.05) is 0 Å². The smallest absolute Gasteiger partial charge is 0.248 e. The number of nitrogens with one attached hydrogen (secondary N) is 1. The fraction of sp³-hybridized carbons (Fsp3) is 0.364. The first-order valence-corrected chi connectivity index (χ1v) is 5.10. The first-order valence-electron chi connectivity index (χ1n) is 5.10. The third-order valence-corrected chi connectivity index (χ3v) is 2.58. The lowest BCUT2D eigenvalue weighted by molar-refractivity contribution is -0.138. The summed E-state index contributed by atoms with van der Waals surface area (Å²) < 4.78 is 12.6. The molecule has 1 aliphatic rings. The fourth-order valence-electron chi connectivity index (χ4n) is 1.66. The molecule has 1 saturated heterocycles. The van der Waals surface area contributed by atoms with Crippen molar-refractivity contribution in [2.24, 2.45) is 0 Å². The molecule has 2 rings (SSSR count). The van der Waals surface area contributed by atoms with Gasteiger partial charge in [-0.25, -0.2) is 4.39 Å². The van der Waals surface area contributed by atoms with E-state index in [-0.39, 0.29) is 17.8 Å². The van der Waals surface area contributed by atoms with Gasteiger partial charge in [-0.15, -0.1) is 0 Å².